The third kappa shape index (κ3) is 2.14. The van der Waals surface area contributed by atoms with Crippen LogP contribution in [0.4, 0.5) is 11.5 Å². The first kappa shape index (κ1) is 12.0. The number of hydrogen-bond acceptors (Lipinski definition) is 6. The lowest BCUT2D eigenvalue weighted by molar-refractivity contribution is -0.384. The van der Waals surface area contributed by atoms with Crippen molar-refractivity contribution in [3.63, 3.8) is 0 Å². The normalized spacial score (nSPS) is 10.6. The minimum absolute atomic E-state index is 0.0682. The lowest BCUT2D eigenvalue weighted by atomic mass is 10.4. The molecule has 3 aromatic rings. The van der Waals surface area contributed by atoms with Crippen LogP contribution in [0, 0.1) is 10.1 Å². The smallest absolute Gasteiger partial charge is 0.311 e. The maximum atomic E-state index is 10.9. The van der Waals surface area contributed by atoms with E-state index in [0.717, 1.165) is 5.65 Å². The van der Waals surface area contributed by atoms with Crippen LogP contribution in [0.5, 0.6) is 0 Å². The Labute approximate surface area is 113 Å². The Balaban J connectivity index is 1.85. The Bertz CT molecular complexity index is 769. The van der Waals surface area contributed by atoms with E-state index in [-0.39, 0.29) is 11.5 Å². The SMILES string of the molecule is O=[N+]([O-])c1cccnc1NCc1nnc2ccccn12. The van der Waals surface area contributed by atoms with Gasteiger partial charge in [-0.1, -0.05) is 6.07 Å². The van der Waals surface area contributed by atoms with Gasteiger partial charge in [-0.3, -0.25) is 14.5 Å². The number of aromatic nitrogens is 4. The van der Waals surface area contributed by atoms with Crippen LogP contribution in [0.25, 0.3) is 5.65 Å². The second-order valence-corrected chi connectivity index (χ2v) is 4.03. The maximum absolute atomic E-state index is 10.9. The molecule has 0 aliphatic carbocycles. The van der Waals surface area contributed by atoms with E-state index in [1.54, 1.807) is 0 Å². The summed E-state index contributed by atoms with van der Waals surface area (Å²) in [6.07, 6.45) is 3.33. The van der Waals surface area contributed by atoms with E-state index >= 15 is 0 Å². The number of anilines is 1. The number of nitrogens with zero attached hydrogens (tertiary/aromatic N) is 5. The van der Waals surface area contributed by atoms with Gasteiger partial charge in [0.2, 0.25) is 5.82 Å². The molecule has 0 fully saturated rings. The molecule has 1 N–H and O–H groups in total. The third-order valence-corrected chi connectivity index (χ3v) is 2.78. The van der Waals surface area contributed by atoms with Crippen molar-refractivity contribution < 1.29 is 4.92 Å². The summed E-state index contributed by atoms with van der Waals surface area (Å²) in [6, 6.07) is 8.49. The molecule has 0 unspecified atom stereocenters. The van der Waals surface area contributed by atoms with E-state index in [9.17, 15) is 10.1 Å². The summed E-state index contributed by atoms with van der Waals surface area (Å²) in [5.41, 5.74) is 0.654. The zero-order valence-electron chi connectivity index (χ0n) is 10.3. The first-order valence-corrected chi connectivity index (χ1v) is 5.87. The molecule has 3 rings (SSSR count). The van der Waals surface area contributed by atoms with Crippen LogP contribution >= 0.6 is 0 Å². The standard InChI is InChI=1S/C12H10N6O2/c19-18(20)9-4-3-6-13-12(9)14-8-11-16-15-10-5-1-2-7-17(10)11/h1-7H,8H2,(H,13,14). The van der Waals surface area contributed by atoms with Crippen molar-refractivity contribution in [1.82, 2.24) is 19.6 Å². The molecule has 0 radical (unpaired) electrons. The first-order chi connectivity index (χ1) is 9.75. The fourth-order valence-corrected chi connectivity index (χ4v) is 1.85. The molecule has 0 aromatic carbocycles. The van der Waals surface area contributed by atoms with Crippen molar-refractivity contribution in [2.75, 3.05) is 5.32 Å². The van der Waals surface area contributed by atoms with Crippen molar-refractivity contribution in [3.05, 3.63) is 58.7 Å². The molecule has 0 saturated heterocycles. The van der Waals surface area contributed by atoms with Gasteiger partial charge in [-0.15, -0.1) is 10.2 Å². The number of rotatable bonds is 4. The number of nitrogens with one attached hydrogen (secondary N) is 1. The fourth-order valence-electron chi connectivity index (χ4n) is 1.85. The number of nitro groups is 1. The Morgan fingerprint density at radius 1 is 1.25 bits per heavy atom. The third-order valence-electron chi connectivity index (χ3n) is 2.78. The van der Waals surface area contributed by atoms with Crippen LogP contribution in [0.15, 0.2) is 42.7 Å². The Hall–Kier alpha value is -3.03. The fraction of sp³-hybridized carbons (Fsp3) is 0.0833. The maximum Gasteiger partial charge on any atom is 0.311 e. The van der Waals surface area contributed by atoms with Gasteiger partial charge in [0.15, 0.2) is 11.5 Å². The van der Waals surface area contributed by atoms with Gasteiger partial charge in [0.05, 0.1) is 11.5 Å². The van der Waals surface area contributed by atoms with Crippen LogP contribution < -0.4 is 5.32 Å². The van der Waals surface area contributed by atoms with Crippen molar-refractivity contribution in [2.24, 2.45) is 0 Å². The Kier molecular flexibility index (Phi) is 2.96. The quantitative estimate of drug-likeness (QED) is 0.571. The van der Waals surface area contributed by atoms with E-state index < -0.39 is 4.92 Å². The van der Waals surface area contributed by atoms with Gasteiger partial charge in [0, 0.05) is 18.5 Å². The summed E-state index contributed by atoms with van der Waals surface area (Å²) < 4.78 is 1.81. The molecule has 0 atom stereocenters. The highest BCUT2D eigenvalue weighted by Gasteiger charge is 2.14. The van der Waals surface area contributed by atoms with Crippen molar-refractivity contribution in [3.8, 4) is 0 Å². The summed E-state index contributed by atoms with van der Waals surface area (Å²) in [6.45, 7) is 0.295. The lowest BCUT2D eigenvalue weighted by Gasteiger charge is -2.04. The molecule has 20 heavy (non-hydrogen) atoms. The molecule has 0 aliphatic rings. The largest absolute Gasteiger partial charge is 0.357 e. The summed E-state index contributed by atoms with van der Waals surface area (Å²) >= 11 is 0. The molecule has 3 heterocycles. The van der Waals surface area contributed by atoms with Crippen LogP contribution in [0.3, 0.4) is 0 Å². The first-order valence-electron chi connectivity index (χ1n) is 5.87. The molecule has 0 bridgehead atoms. The van der Waals surface area contributed by atoms with Gasteiger partial charge in [0.25, 0.3) is 0 Å². The van der Waals surface area contributed by atoms with Gasteiger partial charge in [-0.2, -0.15) is 0 Å². The van der Waals surface area contributed by atoms with Gasteiger partial charge in [-0.25, -0.2) is 4.98 Å². The summed E-state index contributed by atoms with van der Waals surface area (Å²) in [4.78, 5) is 14.4. The highest BCUT2D eigenvalue weighted by Crippen LogP contribution is 2.20. The summed E-state index contributed by atoms with van der Waals surface area (Å²) in [5.74, 6) is 0.866. The zero-order chi connectivity index (χ0) is 13.9. The second kappa shape index (κ2) is 4.92. The Morgan fingerprint density at radius 3 is 3.00 bits per heavy atom. The van der Waals surface area contributed by atoms with E-state index in [0.29, 0.717) is 12.4 Å². The predicted octanol–water partition coefficient (Wildman–Crippen LogP) is 1.64. The van der Waals surface area contributed by atoms with Crippen molar-refractivity contribution in [2.45, 2.75) is 6.54 Å². The average molecular weight is 270 g/mol. The molecular weight excluding hydrogens is 260 g/mol. The van der Waals surface area contributed by atoms with E-state index in [1.807, 2.05) is 28.8 Å². The number of hydrogen-bond donors (Lipinski definition) is 1. The highest BCUT2D eigenvalue weighted by atomic mass is 16.6. The summed E-state index contributed by atoms with van der Waals surface area (Å²) in [5, 5.41) is 21.8. The van der Waals surface area contributed by atoms with E-state index in [2.05, 4.69) is 20.5 Å². The van der Waals surface area contributed by atoms with Crippen LogP contribution in [0.2, 0.25) is 0 Å². The van der Waals surface area contributed by atoms with Crippen LogP contribution in [-0.2, 0) is 6.54 Å². The minimum atomic E-state index is -0.475. The van der Waals surface area contributed by atoms with Crippen LogP contribution in [0.1, 0.15) is 5.82 Å². The van der Waals surface area contributed by atoms with Gasteiger partial charge >= 0.3 is 5.69 Å². The number of pyridine rings is 2. The monoisotopic (exact) mass is 270 g/mol. The van der Waals surface area contributed by atoms with Gasteiger partial charge in [-0.05, 0) is 18.2 Å². The summed E-state index contributed by atoms with van der Waals surface area (Å²) in [7, 11) is 0. The average Bonchev–Trinajstić information content (AvgIpc) is 2.88. The minimum Gasteiger partial charge on any atom is -0.357 e. The van der Waals surface area contributed by atoms with Crippen molar-refractivity contribution in [1.29, 1.82) is 0 Å². The van der Waals surface area contributed by atoms with Gasteiger partial charge < -0.3 is 5.32 Å². The molecule has 0 saturated carbocycles. The molecule has 0 amide bonds. The molecule has 8 heteroatoms. The van der Waals surface area contributed by atoms with Gasteiger partial charge in [0.1, 0.15) is 0 Å². The molecule has 3 aromatic heterocycles. The molecule has 0 spiro atoms. The lowest BCUT2D eigenvalue weighted by Crippen LogP contribution is -2.07. The molecule has 100 valence electrons. The second-order valence-electron chi connectivity index (χ2n) is 4.03. The molecule has 0 aliphatic heterocycles. The zero-order valence-corrected chi connectivity index (χ0v) is 10.3. The Morgan fingerprint density at radius 2 is 2.15 bits per heavy atom. The van der Waals surface area contributed by atoms with E-state index in [1.165, 1.54) is 18.3 Å². The topological polar surface area (TPSA) is 98.2 Å². The number of fused-ring (bicyclic) bond motifs is 1. The van der Waals surface area contributed by atoms with Crippen LogP contribution in [-0.4, -0.2) is 24.5 Å². The van der Waals surface area contributed by atoms with Crippen molar-refractivity contribution >= 4 is 17.2 Å². The predicted molar refractivity (Wildman–Crippen MR) is 71.2 cm³/mol. The van der Waals surface area contributed by atoms with E-state index in [4.69, 9.17) is 0 Å². The highest BCUT2D eigenvalue weighted by molar-refractivity contribution is 5.55. The molecular formula is C12H10N6O2. The molecule has 8 nitrogen and oxygen atoms in total.